The molecule has 0 radical (unpaired) electrons. The molecule has 5 aromatic rings. The van der Waals surface area contributed by atoms with E-state index in [1.54, 1.807) is 0 Å². The van der Waals surface area contributed by atoms with Gasteiger partial charge in [-0.2, -0.15) is 0 Å². The van der Waals surface area contributed by atoms with Crippen molar-refractivity contribution >= 4 is 54.5 Å². The Morgan fingerprint density at radius 3 is 2.17 bits per heavy atom. The number of rotatable bonds is 1. The first-order valence-electron chi connectivity index (χ1n) is 7.69. The van der Waals surface area contributed by atoms with Crippen LogP contribution in [0.25, 0.3) is 43.1 Å². The predicted octanol–water partition coefficient (Wildman–Crippen LogP) is 5.23. The van der Waals surface area contributed by atoms with Crippen LogP contribution < -0.4 is 5.73 Å². The van der Waals surface area contributed by atoms with Gasteiger partial charge in [0.1, 0.15) is 0 Å². The summed E-state index contributed by atoms with van der Waals surface area (Å²) in [4.78, 5) is 11.5. The van der Waals surface area contributed by atoms with Crippen molar-refractivity contribution in [2.24, 2.45) is 0 Å². The highest BCUT2D eigenvalue weighted by molar-refractivity contribution is 6.33. The van der Waals surface area contributed by atoms with Crippen LogP contribution in [0.5, 0.6) is 0 Å². The van der Waals surface area contributed by atoms with Crippen LogP contribution in [-0.4, -0.2) is 4.92 Å². The van der Waals surface area contributed by atoms with Crippen molar-refractivity contribution in [3.8, 4) is 0 Å². The van der Waals surface area contributed by atoms with Gasteiger partial charge >= 0.3 is 0 Å². The first-order chi connectivity index (χ1) is 11.7. The Morgan fingerprint density at radius 2 is 1.38 bits per heavy atom. The lowest BCUT2D eigenvalue weighted by atomic mass is 9.89. The van der Waals surface area contributed by atoms with Gasteiger partial charge in [-0.3, -0.25) is 10.1 Å². The Bertz CT molecular complexity index is 1290. The summed E-state index contributed by atoms with van der Waals surface area (Å²) in [6.45, 7) is 0. The molecule has 0 aromatic heterocycles. The van der Waals surface area contributed by atoms with E-state index in [0.29, 0.717) is 16.5 Å². The molecule has 4 nitrogen and oxygen atoms in total. The quantitative estimate of drug-likeness (QED) is 0.151. The molecule has 0 fully saturated rings. The highest BCUT2D eigenvalue weighted by Crippen LogP contribution is 2.44. The van der Waals surface area contributed by atoms with Crippen LogP contribution in [0, 0.1) is 10.1 Å². The van der Waals surface area contributed by atoms with E-state index in [4.69, 9.17) is 5.73 Å². The Kier molecular flexibility index (Phi) is 2.36. The lowest BCUT2D eigenvalue weighted by Crippen LogP contribution is -1.95. The zero-order chi connectivity index (χ0) is 16.4. The fourth-order valence-corrected chi connectivity index (χ4v) is 3.86. The summed E-state index contributed by atoms with van der Waals surface area (Å²) in [5.41, 5.74) is 6.99. The smallest absolute Gasteiger partial charge is 0.285 e. The predicted molar refractivity (Wildman–Crippen MR) is 98.7 cm³/mol. The minimum Gasteiger partial charge on any atom is -0.398 e. The summed E-state index contributed by atoms with van der Waals surface area (Å²) >= 11 is 0. The van der Waals surface area contributed by atoms with Crippen molar-refractivity contribution in [2.45, 2.75) is 0 Å². The van der Waals surface area contributed by atoms with Gasteiger partial charge in [0.25, 0.3) is 5.69 Å². The number of hydrogen-bond acceptors (Lipinski definition) is 3. The number of nitrogen functional groups attached to an aromatic ring is 1. The molecule has 0 aliphatic heterocycles. The molecule has 5 rings (SSSR count). The molecule has 0 saturated heterocycles. The molecule has 24 heavy (non-hydrogen) atoms. The number of fused-ring (bicyclic) bond motifs is 2. The van der Waals surface area contributed by atoms with E-state index in [-0.39, 0.29) is 10.6 Å². The van der Waals surface area contributed by atoms with Gasteiger partial charge in [0.05, 0.1) is 15.7 Å². The normalized spacial score (nSPS) is 11.8. The van der Waals surface area contributed by atoms with Crippen molar-refractivity contribution in [1.29, 1.82) is 0 Å². The van der Waals surface area contributed by atoms with Gasteiger partial charge in [-0.15, -0.1) is 0 Å². The van der Waals surface area contributed by atoms with Gasteiger partial charge in [0, 0.05) is 16.5 Å². The number of nitro groups is 1. The Balaban J connectivity index is 2.23. The zero-order valence-corrected chi connectivity index (χ0v) is 12.6. The summed E-state index contributed by atoms with van der Waals surface area (Å²) in [6, 6.07) is 19.2. The molecule has 114 valence electrons. The van der Waals surface area contributed by atoms with Crippen molar-refractivity contribution in [3.05, 3.63) is 70.8 Å². The molecule has 0 saturated carbocycles. The molecule has 0 aliphatic carbocycles. The average molecular weight is 312 g/mol. The van der Waals surface area contributed by atoms with Crippen molar-refractivity contribution in [3.63, 3.8) is 0 Å². The number of anilines is 1. The van der Waals surface area contributed by atoms with Crippen LogP contribution in [0.15, 0.2) is 60.7 Å². The van der Waals surface area contributed by atoms with Gasteiger partial charge < -0.3 is 5.73 Å². The third kappa shape index (κ3) is 1.47. The fraction of sp³-hybridized carbons (Fsp3) is 0. The maximum Gasteiger partial charge on any atom is 0.285 e. The highest BCUT2D eigenvalue weighted by atomic mass is 16.6. The van der Waals surface area contributed by atoms with Crippen LogP contribution in [0.1, 0.15) is 0 Å². The van der Waals surface area contributed by atoms with Gasteiger partial charge in [0.2, 0.25) is 0 Å². The van der Waals surface area contributed by atoms with Crippen LogP contribution in [0.4, 0.5) is 11.4 Å². The second-order valence-corrected chi connectivity index (χ2v) is 6.05. The number of hydrogen-bond donors (Lipinski definition) is 1. The summed E-state index contributed by atoms with van der Waals surface area (Å²) in [5.74, 6) is 0. The third-order valence-electron chi connectivity index (χ3n) is 4.86. The molecular weight excluding hydrogens is 300 g/mol. The average Bonchev–Trinajstić information content (AvgIpc) is 2.60. The maximum atomic E-state index is 11.8. The second kappa shape index (κ2) is 4.32. The first-order valence-corrected chi connectivity index (χ1v) is 7.69. The molecular formula is C20H12N2O2. The minimum absolute atomic E-state index is 0.162. The topological polar surface area (TPSA) is 69.2 Å². The van der Waals surface area contributed by atoms with Crippen molar-refractivity contribution < 1.29 is 4.92 Å². The van der Waals surface area contributed by atoms with E-state index in [1.165, 1.54) is 0 Å². The van der Waals surface area contributed by atoms with E-state index in [0.717, 1.165) is 32.3 Å². The van der Waals surface area contributed by atoms with Crippen molar-refractivity contribution in [1.82, 2.24) is 0 Å². The maximum absolute atomic E-state index is 11.8. The van der Waals surface area contributed by atoms with Gasteiger partial charge in [0.15, 0.2) is 0 Å². The third-order valence-corrected chi connectivity index (χ3v) is 4.86. The second-order valence-electron chi connectivity index (χ2n) is 6.05. The number of non-ortho nitro benzene ring substituents is 1. The largest absolute Gasteiger partial charge is 0.398 e. The molecule has 0 spiro atoms. The van der Waals surface area contributed by atoms with E-state index in [9.17, 15) is 10.1 Å². The van der Waals surface area contributed by atoms with Gasteiger partial charge in [-0.25, -0.2) is 0 Å². The van der Waals surface area contributed by atoms with E-state index in [1.807, 2.05) is 54.6 Å². The number of benzene rings is 5. The summed E-state index contributed by atoms with van der Waals surface area (Å²) in [7, 11) is 0. The molecule has 4 heteroatoms. The lowest BCUT2D eigenvalue weighted by molar-refractivity contribution is -0.381. The molecule has 0 atom stereocenters. The van der Waals surface area contributed by atoms with Crippen LogP contribution in [0.2, 0.25) is 0 Å². The standard InChI is InChI=1S/C20H12N2O2/c21-17-10-6-11-5-7-13-12-3-1-2-4-14(12)20(22(23)24)16-9-8-15(17)18(11)19(13)16/h1-10H,21H2. The molecule has 0 bridgehead atoms. The highest BCUT2D eigenvalue weighted by Gasteiger charge is 2.22. The number of nitrogens with zero attached hydrogens (tertiary/aromatic N) is 1. The molecule has 0 amide bonds. The lowest BCUT2D eigenvalue weighted by Gasteiger charge is -2.14. The van der Waals surface area contributed by atoms with Crippen LogP contribution in [-0.2, 0) is 0 Å². The molecule has 0 unspecified atom stereocenters. The van der Waals surface area contributed by atoms with Crippen molar-refractivity contribution in [2.75, 3.05) is 5.73 Å². The summed E-state index contributed by atoms with van der Waals surface area (Å²) < 4.78 is 0. The van der Waals surface area contributed by atoms with Gasteiger partial charge in [-0.1, -0.05) is 42.5 Å². The van der Waals surface area contributed by atoms with Gasteiger partial charge in [-0.05, 0) is 39.7 Å². The first kappa shape index (κ1) is 13.1. The Hall–Kier alpha value is -3.40. The summed E-state index contributed by atoms with van der Waals surface area (Å²) in [5, 5.41) is 19.0. The monoisotopic (exact) mass is 312 g/mol. The SMILES string of the molecule is Nc1ccc2ccc3c4ccccc4c([N+](=O)[O-])c4ccc1c2c43. The molecule has 5 aromatic carbocycles. The summed E-state index contributed by atoms with van der Waals surface area (Å²) in [6.07, 6.45) is 0. The molecule has 0 aliphatic rings. The van der Waals surface area contributed by atoms with Crippen LogP contribution in [0.3, 0.4) is 0 Å². The van der Waals surface area contributed by atoms with E-state index < -0.39 is 0 Å². The Morgan fingerprint density at radius 1 is 0.708 bits per heavy atom. The fourth-order valence-electron chi connectivity index (χ4n) is 3.86. The van der Waals surface area contributed by atoms with E-state index in [2.05, 4.69) is 6.07 Å². The number of nitrogens with two attached hydrogens (primary N) is 1. The molecule has 2 N–H and O–H groups in total. The zero-order valence-electron chi connectivity index (χ0n) is 12.6. The van der Waals surface area contributed by atoms with Crippen LogP contribution >= 0.6 is 0 Å². The van der Waals surface area contributed by atoms with E-state index >= 15 is 0 Å². The number of nitro benzene ring substituents is 1. The Labute approximate surface area is 136 Å². The minimum atomic E-state index is -0.280. The molecule has 0 heterocycles.